The van der Waals surface area contributed by atoms with Gasteiger partial charge in [0.25, 0.3) is 0 Å². The number of nitrogens with zero attached hydrogens (tertiary/aromatic N) is 1. The van der Waals surface area contributed by atoms with E-state index >= 15 is 0 Å². The largest absolute Gasteiger partial charge is 0.493 e. The lowest BCUT2D eigenvalue weighted by molar-refractivity contribution is -0.141. The normalized spacial score (nSPS) is 11.1. The number of aryl methyl sites for hydroxylation is 1. The fourth-order valence-corrected chi connectivity index (χ4v) is 3.26. The van der Waals surface area contributed by atoms with Crippen molar-refractivity contribution < 1.29 is 27.1 Å². The van der Waals surface area contributed by atoms with Gasteiger partial charge < -0.3 is 9.47 Å². The van der Waals surface area contributed by atoms with Crippen molar-refractivity contribution in [3.05, 3.63) is 59.9 Å². The molecular weight excluding hydrogens is 373 g/mol. The van der Waals surface area contributed by atoms with Gasteiger partial charge in [-0.05, 0) is 42.8 Å². The lowest BCUT2D eigenvalue weighted by Crippen LogP contribution is -2.36. The molecule has 2 aromatic rings. The number of carbonyl (C=O) groups is 1. The van der Waals surface area contributed by atoms with Crippen LogP contribution in [0.15, 0.2) is 48.5 Å². The van der Waals surface area contributed by atoms with E-state index in [-0.39, 0.29) is 19.0 Å². The first-order chi connectivity index (χ1) is 12.8. The lowest BCUT2D eigenvalue weighted by atomic mass is 10.2. The second-order valence-electron chi connectivity index (χ2n) is 5.93. The Kier molecular flexibility index (Phi) is 7.18. The Hall–Kier alpha value is -2.61. The summed E-state index contributed by atoms with van der Waals surface area (Å²) in [7, 11) is -3.63. The number of benzene rings is 2. The van der Waals surface area contributed by atoms with Crippen LogP contribution < -0.4 is 9.04 Å². The zero-order chi connectivity index (χ0) is 19.9. The maximum Gasteiger partial charge on any atom is 0.326 e. The molecule has 0 bridgehead atoms. The average Bonchev–Trinajstić information content (AvgIpc) is 2.61. The van der Waals surface area contributed by atoms with Crippen molar-refractivity contribution in [1.82, 2.24) is 0 Å². The molecule has 0 unspecified atom stereocenters. The van der Waals surface area contributed by atoms with Crippen LogP contribution in [-0.2, 0) is 19.6 Å². The predicted octanol–water partition coefficient (Wildman–Crippen LogP) is 2.91. The van der Waals surface area contributed by atoms with Crippen molar-refractivity contribution in [2.45, 2.75) is 13.3 Å². The van der Waals surface area contributed by atoms with Gasteiger partial charge in [-0.15, -0.1) is 0 Å². The summed E-state index contributed by atoms with van der Waals surface area (Å²) in [5, 5.41) is 0. The Morgan fingerprint density at radius 3 is 2.37 bits per heavy atom. The van der Waals surface area contributed by atoms with Crippen LogP contribution in [0.4, 0.5) is 10.1 Å². The van der Waals surface area contributed by atoms with Crippen LogP contribution in [0.1, 0.15) is 12.0 Å². The molecule has 0 aromatic heterocycles. The van der Waals surface area contributed by atoms with E-state index < -0.39 is 22.5 Å². The topological polar surface area (TPSA) is 72.9 Å². The predicted molar refractivity (Wildman–Crippen MR) is 101 cm³/mol. The molecule has 2 rings (SSSR count). The summed E-state index contributed by atoms with van der Waals surface area (Å²) in [6, 6.07) is 12.5. The van der Waals surface area contributed by atoms with Crippen LogP contribution in [0, 0.1) is 12.7 Å². The van der Waals surface area contributed by atoms with Crippen LogP contribution in [0.5, 0.6) is 5.75 Å². The van der Waals surface area contributed by atoms with Crippen molar-refractivity contribution in [2.75, 3.05) is 30.3 Å². The third kappa shape index (κ3) is 6.56. The molecule has 0 fully saturated rings. The molecule has 0 aliphatic heterocycles. The zero-order valence-electron chi connectivity index (χ0n) is 15.2. The fourth-order valence-electron chi connectivity index (χ4n) is 2.35. The highest BCUT2D eigenvalue weighted by Crippen LogP contribution is 2.21. The van der Waals surface area contributed by atoms with E-state index in [0.29, 0.717) is 17.9 Å². The van der Waals surface area contributed by atoms with Crippen molar-refractivity contribution in [3.8, 4) is 5.75 Å². The van der Waals surface area contributed by atoms with Crippen LogP contribution in [0.3, 0.4) is 0 Å². The van der Waals surface area contributed by atoms with Gasteiger partial charge in [0.2, 0.25) is 10.0 Å². The van der Waals surface area contributed by atoms with Crippen molar-refractivity contribution in [3.63, 3.8) is 0 Å². The van der Waals surface area contributed by atoms with E-state index in [2.05, 4.69) is 0 Å². The SMILES string of the molecule is Cc1ccccc1N(CC(=O)OCCCOc1ccc(F)cc1)S(C)(=O)=O. The van der Waals surface area contributed by atoms with Gasteiger partial charge in [0.1, 0.15) is 18.1 Å². The highest BCUT2D eigenvalue weighted by Gasteiger charge is 2.22. The standard InChI is InChI=1S/C19H22FNO5S/c1-15-6-3-4-7-18(15)21(27(2,23)24)14-19(22)26-13-5-12-25-17-10-8-16(20)9-11-17/h3-4,6-11H,5,12-14H2,1-2H3. The number of anilines is 1. The van der Waals surface area contributed by atoms with Crippen molar-refractivity contribution >= 4 is 21.7 Å². The number of para-hydroxylation sites is 1. The molecular formula is C19H22FNO5S. The molecule has 0 atom stereocenters. The van der Waals surface area contributed by atoms with Gasteiger partial charge in [0.15, 0.2) is 0 Å². The number of hydrogen-bond acceptors (Lipinski definition) is 5. The molecule has 0 saturated carbocycles. The molecule has 0 aliphatic carbocycles. The molecule has 0 amide bonds. The van der Waals surface area contributed by atoms with Gasteiger partial charge >= 0.3 is 5.97 Å². The van der Waals surface area contributed by atoms with Crippen LogP contribution in [0.25, 0.3) is 0 Å². The number of halogens is 1. The van der Waals surface area contributed by atoms with E-state index in [1.165, 1.54) is 24.3 Å². The molecule has 0 spiro atoms. The molecule has 27 heavy (non-hydrogen) atoms. The van der Waals surface area contributed by atoms with Gasteiger partial charge in [-0.3, -0.25) is 9.10 Å². The molecule has 0 heterocycles. The highest BCUT2D eigenvalue weighted by atomic mass is 32.2. The van der Waals surface area contributed by atoms with Gasteiger partial charge in [0.05, 0.1) is 25.2 Å². The summed E-state index contributed by atoms with van der Waals surface area (Å²) in [6.45, 7) is 1.74. The number of ether oxygens (including phenoxy) is 2. The van der Waals surface area contributed by atoms with Gasteiger partial charge in [-0.1, -0.05) is 18.2 Å². The van der Waals surface area contributed by atoms with Crippen LogP contribution in [0.2, 0.25) is 0 Å². The second-order valence-corrected chi connectivity index (χ2v) is 7.84. The smallest absolute Gasteiger partial charge is 0.326 e. The molecule has 2 aromatic carbocycles. The Morgan fingerprint density at radius 2 is 1.74 bits per heavy atom. The summed E-state index contributed by atoms with van der Waals surface area (Å²) in [6.07, 6.45) is 1.47. The number of carbonyl (C=O) groups excluding carboxylic acids is 1. The number of hydrogen-bond donors (Lipinski definition) is 0. The van der Waals surface area contributed by atoms with Crippen molar-refractivity contribution in [1.29, 1.82) is 0 Å². The minimum atomic E-state index is -3.63. The lowest BCUT2D eigenvalue weighted by Gasteiger charge is -2.23. The molecule has 0 aliphatic rings. The first-order valence-corrected chi connectivity index (χ1v) is 10.2. The first kappa shape index (κ1) is 20.7. The van der Waals surface area contributed by atoms with Crippen LogP contribution in [-0.4, -0.2) is 40.4 Å². The second kappa shape index (κ2) is 9.36. The van der Waals surface area contributed by atoms with Crippen LogP contribution >= 0.6 is 0 Å². The minimum Gasteiger partial charge on any atom is -0.493 e. The quantitative estimate of drug-likeness (QED) is 0.482. The van der Waals surface area contributed by atoms with E-state index in [1.807, 2.05) is 0 Å². The van der Waals surface area contributed by atoms with Gasteiger partial charge in [-0.25, -0.2) is 12.8 Å². The summed E-state index contributed by atoms with van der Waals surface area (Å²) in [4.78, 5) is 12.0. The third-order valence-corrected chi connectivity index (χ3v) is 4.82. The molecule has 0 N–H and O–H groups in total. The Labute approximate surface area is 158 Å². The zero-order valence-corrected chi connectivity index (χ0v) is 16.0. The third-order valence-electron chi connectivity index (χ3n) is 3.69. The molecule has 0 saturated heterocycles. The van der Waals surface area contributed by atoms with Crippen molar-refractivity contribution in [2.24, 2.45) is 0 Å². The summed E-state index contributed by atoms with van der Waals surface area (Å²) in [5.74, 6) is -0.476. The summed E-state index contributed by atoms with van der Waals surface area (Å²) in [5.41, 5.74) is 1.18. The highest BCUT2D eigenvalue weighted by molar-refractivity contribution is 7.92. The fraction of sp³-hybridized carbons (Fsp3) is 0.316. The van der Waals surface area contributed by atoms with E-state index in [4.69, 9.17) is 9.47 Å². The number of rotatable bonds is 9. The maximum absolute atomic E-state index is 12.8. The summed E-state index contributed by atoms with van der Waals surface area (Å²) >= 11 is 0. The van der Waals surface area contributed by atoms with E-state index in [0.717, 1.165) is 16.1 Å². The van der Waals surface area contributed by atoms with E-state index in [9.17, 15) is 17.6 Å². The molecule has 146 valence electrons. The van der Waals surface area contributed by atoms with Gasteiger partial charge in [0, 0.05) is 6.42 Å². The monoisotopic (exact) mass is 395 g/mol. The average molecular weight is 395 g/mol. The minimum absolute atomic E-state index is 0.0887. The number of esters is 1. The maximum atomic E-state index is 12.8. The Morgan fingerprint density at radius 1 is 1.07 bits per heavy atom. The van der Waals surface area contributed by atoms with E-state index in [1.54, 1.807) is 31.2 Å². The first-order valence-electron chi connectivity index (χ1n) is 8.34. The number of sulfonamides is 1. The molecule has 8 heteroatoms. The molecule has 6 nitrogen and oxygen atoms in total. The summed E-state index contributed by atoms with van der Waals surface area (Å²) < 4.78 is 48.4. The Balaban J connectivity index is 1.82. The van der Waals surface area contributed by atoms with Gasteiger partial charge in [-0.2, -0.15) is 0 Å². The molecule has 0 radical (unpaired) electrons. The Bertz CT molecular complexity index is 868.